The van der Waals surface area contributed by atoms with Gasteiger partial charge in [0.2, 0.25) is 14.9 Å². The zero-order chi connectivity index (χ0) is 21.8. The number of nitrogens with one attached hydrogen (secondary N) is 1. The number of amides is 1. The molecule has 1 aromatic carbocycles. The lowest BCUT2D eigenvalue weighted by atomic mass is 10.1. The third-order valence-corrected chi connectivity index (χ3v) is 7.25. The quantitative estimate of drug-likeness (QED) is 0.562. The van der Waals surface area contributed by atoms with Crippen molar-refractivity contribution in [2.45, 2.75) is 35.3 Å². The van der Waals surface area contributed by atoms with Crippen molar-refractivity contribution in [3.8, 4) is 0 Å². The van der Waals surface area contributed by atoms with Crippen molar-refractivity contribution in [3.05, 3.63) is 71.3 Å². The van der Waals surface area contributed by atoms with Crippen LogP contribution in [0.3, 0.4) is 0 Å². The van der Waals surface area contributed by atoms with E-state index in [2.05, 4.69) is 10.2 Å². The molecule has 2 aromatic heterocycles. The van der Waals surface area contributed by atoms with Crippen LogP contribution in [0.1, 0.15) is 41.6 Å². The Kier molecular flexibility index (Phi) is 6.50. The number of sulfone groups is 1. The molecule has 1 atom stereocenters. The average Bonchev–Trinajstić information content (AvgIpc) is 3.48. The average molecular weight is 463 g/mol. The molecule has 164 valence electrons. The van der Waals surface area contributed by atoms with Gasteiger partial charge in [-0.3, -0.25) is 9.69 Å². The Bertz CT molecular complexity index is 1120. The number of carbonyl (C=O) groups excluding carboxylic acids is 1. The van der Waals surface area contributed by atoms with Crippen LogP contribution < -0.4 is 5.32 Å². The first-order chi connectivity index (χ1) is 14.9. The van der Waals surface area contributed by atoms with Crippen molar-refractivity contribution >= 4 is 27.3 Å². The Morgan fingerprint density at radius 2 is 1.81 bits per heavy atom. The molecule has 1 fully saturated rings. The summed E-state index contributed by atoms with van der Waals surface area (Å²) in [6.07, 6.45) is 5.03. The molecule has 0 aliphatic carbocycles. The first-order valence-corrected chi connectivity index (χ1v) is 12.0. The molecular weight excluding hydrogens is 440 g/mol. The van der Waals surface area contributed by atoms with Crippen LogP contribution >= 0.6 is 11.6 Å². The Morgan fingerprint density at radius 1 is 1.06 bits per heavy atom. The van der Waals surface area contributed by atoms with E-state index in [9.17, 15) is 13.2 Å². The van der Waals surface area contributed by atoms with Gasteiger partial charge in [0.05, 0.1) is 17.2 Å². The number of benzene rings is 1. The summed E-state index contributed by atoms with van der Waals surface area (Å²) in [4.78, 5) is 15.0. The summed E-state index contributed by atoms with van der Waals surface area (Å²) in [7, 11) is -3.88. The highest BCUT2D eigenvalue weighted by atomic mass is 35.5. The highest BCUT2D eigenvalue weighted by molar-refractivity contribution is 7.91. The second-order valence-electron chi connectivity index (χ2n) is 7.41. The van der Waals surface area contributed by atoms with Gasteiger partial charge in [-0.25, -0.2) is 8.42 Å². The molecule has 4 rings (SSSR count). The first kappa shape index (κ1) is 21.7. The van der Waals surface area contributed by atoms with Crippen LogP contribution in [0.4, 0.5) is 0 Å². The number of halogens is 1. The van der Waals surface area contributed by atoms with E-state index in [1.165, 1.54) is 42.8 Å². The zero-order valence-corrected chi connectivity index (χ0v) is 18.4. The van der Waals surface area contributed by atoms with Crippen LogP contribution in [0.5, 0.6) is 0 Å². The van der Waals surface area contributed by atoms with Crippen molar-refractivity contribution in [2.75, 3.05) is 19.6 Å². The summed E-state index contributed by atoms with van der Waals surface area (Å²) in [5.41, 5.74) is 0. The van der Waals surface area contributed by atoms with Gasteiger partial charge in [0, 0.05) is 11.6 Å². The van der Waals surface area contributed by atoms with E-state index in [4.69, 9.17) is 20.4 Å². The van der Waals surface area contributed by atoms with E-state index < -0.39 is 15.7 Å². The molecular formula is C22H23ClN2O5S. The largest absolute Gasteiger partial charge is 0.468 e. The molecule has 1 amide bonds. The Balaban J connectivity index is 1.46. The number of hydrogen-bond acceptors (Lipinski definition) is 6. The van der Waals surface area contributed by atoms with E-state index in [1.54, 1.807) is 6.26 Å². The molecule has 1 N–H and O–H groups in total. The van der Waals surface area contributed by atoms with E-state index in [0.717, 1.165) is 31.7 Å². The van der Waals surface area contributed by atoms with Crippen LogP contribution in [-0.2, 0) is 9.84 Å². The van der Waals surface area contributed by atoms with Gasteiger partial charge in [-0.15, -0.1) is 0 Å². The summed E-state index contributed by atoms with van der Waals surface area (Å²) >= 11 is 5.83. The van der Waals surface area contributed by atoms with Gasteiger partial charge in [0.1, 0.15) is 5.76 Å². The molecule has 3 heterocycles. The summed E-state index contributed by atoms with van der Waals surface area (Å²) in [6, 6.07) is 12.0. The number of rotatable bonds is 7. The normalized spacial score (nSPS) is 16.2. The molecule has 0 bridgehead atoms. The van der Waals surface area contributed by atoms with Gasteiger partial charge in [-0.1, -0.05) is 18.0 Å². The summed E-state index contributed by atoms with van der Waals surface area (Å²) in [5, 5.41) is 2.99. The van der Waals surface area contributed by atoms with Crippen LogP contribution in [0.25, 0.3) is 0 Å². The minimum atomic E-state index is -3.88. The lowest BCUT2D eigenvalue weighted by Crippen LogP contribution is -2.40. The Morgan fingerprint density at radius 3 is 2.48 bits per heavy atom. The Hall–Kier alpha value is -2.55. The minimum Gasteiger partial charge on any atom is -0.468 e. The van der Waals surface area contributed by atoms with Crippen molar-refractivity contribution in [1.82, 2.24) is 10.2 Å². The topological polar surface area (TPSA) is 92.8 Å². The first-order valence-electron chi connectivity index (χ1n) is 10.1. The van der Waals surface area contributed by atoms with Gasteiger partial charge in [-0.05, 0) is 74.5 Å². The second-order valence-corrected chi connectivity index (χ2v) is 9.73. The molecule has 1 aliphatic heterocycles. The van der Waals surface area contributed by atoms with Gasteiger partial charge in [0.25, 0.3) is 5.91 Å². The SMILES string of the molecule is O=C(NCC(c1ccco1)N1CCCCC1)c1ccc(S(=O)(=O)c2ccc(Cl)cc2)o1. The maximum absolute atomic E-state index is 12.7. The third-order valence-electron chi connectivity index (χ3n) is 5.35. The predicted octanol–water partition coefficient (Wildman–Crippen LogP) is 4.32. The zero-order valence-electron chi connectivity index (χ0n) is 16.8. The van der Waals surface area contributed by atoms with Gasteiger partial charge in [0.15, 0.2) is 5.76 Å². The number of likely N-dealkylation sites (tertiary alicyclic amines) is 1. The van der Waals surface area contributed by atoms with E-state index in [0.29, 0.717) is 11.6 Å². The van der Waals surface area contributed by atoms with Crippen molar-refractivity contribution in [2.24, 2.45) is 0 Å². The monoisotopic (exact) mass is 462 g/mol. The minimum absolute atomic E-state index is 0.0428. The molecule has 31 heavy (non-hydrogen) atoms. The summed E-state index contributed by atoms with van der Waals surface area (Å²) in [5.74, 6) is 0.239. The number of hydrogen-bond donors (Lipinski definition) is 1. The molecule has 3 aromatic rings. The van der Waals surface area contributed by atoms with E-state index in [-0.39, 0.29) is 21.8 Å². The van der Waals surface area contributed by atoms with Crippen molar-refractivity contribution in [3.63, 3.8) is 0 Å². The Labute approximate surface area is 185 Å². The molecule has 7 nitrogen and oxygen atoms in total. The predicted molar refractivity (Wildman–Crippen MR) is 115 cm³/mol. The van der Waals surface area contributed by atoms with Crippen molar-refractivity contribution in [1.29, 1.82) is 0 Å². The van der Waals surface area contributed by atoms with Gasteiger partial charge in [-0.2, -0.15) is 0 Å². The number of nitrogens with zero attached hydrogens (tertiary/aromatic N) is 1. The molecule has 0 spiro atoms. The maximum atomic E-state index is 12.7. The number of piperidine rings is 1. The summed E-state index contributed by atoms with van der Waals surface area (Å²) < 4.78 is 36.4. The highest BCUT2D eigenvalue weighted by Crippen LogP contribution is 2.26. The van der Waals surface area contributed by atoms with Crippen LogP contribution in [0, 0.1) is 0 Å². The van der Waals surface area contributed by atoms with Gasteiger partial charge < -0.3 is 14.2 Å². The lowest BCUT2D eigenvalue weighted by molar-refractivity contribution is 0.0882. The molecule has 9 heteroatoms. The third kappa shape index (κ3) is 4.87. The van der Waals surface area contributed by atoms with Crippen molar-refractivity contribution < 1.29 is 22.0 Å². The molecule has 0 saturated carbocycles. The highest BCUT2D eigenvalue weighted by Gasteiger charge is 2.27. The lowest BCUT2D eigenvalue weighted by Gasteiger charge is -2.33. The van der Waals surface area contributed by atoms with Crippen LogP contribution in [0.15, 0.2) is 73.6 Å². The number of carbonyl (C=O) groups is 1. The second kappa shape index (κ2) is 9.30. The fraction of sp³-hybridized carbons (Fsp3) is 0.318. The van der Waals surface area contributed by atoms with Gasteiger partial charge >= 0.3 is 0 Å². The van der Waals surface area contributed by atoms with Crippen LogP contribution in [0.2, 0.25) is 5.02 Å². The van der Waals surface area contributed by atoms with Crippen LogP contribution in [-0.4, -0.2) is 38.9 Å². The smallest absolute Gasteiger partial charge is 0.287 e. The van der Waals surface area contributed by atoms with E-state index in [1.807, 2.05) is 12.1 Å². The standard InChI is InChI=1S/C22H23ClN2O5S/c23-16-6-8-17(9-7-16)31(27,28)21-11-10-20(30-21)22(26)24-15-18(19-5-4-14-29-19)25-12-2-1-3-13-25/h4-11,14,18H,1-3,12-13,15H2,(H,24,26). The molecule has 1 saturated heterocycles. The molecule has 0 radical (unpaired) electrons. The van der Waals surface area contributed by atoms with E-state index >= 15 is 0 Å². The maximum Gasteiger partial charge on any atom is 0.287 e. The summed E-state index contributed by atoms with van der Waals surface area (Å²) in [6.45, 7) is 2.20. The fourth-order valence-corrected chi connectivity index (χ4v) is 5.01. The molecule has 1 aliphatic rings. The fourth-order valence-electron chi connectivity index (χ4n) is 3.71. The number of furan rings is 2. The molecule has 1 unspecified atom stereocenters.